The molecule has 1 atom stereocenters. The zero-order chi connectivity index (χ0) is 26.5. The molecule has 1 N–H and O–H groups in total. The summed E-state index contributed by atoms with van der Waals surface area (Å²) in [5, 5.41) is 4.17. The molecule has 38 heavy (non-hydrogen) atoms. The summed E-state index contributed by atoms with van der Waals surface area (Å²) in [7, 11) is 1.29. The Balaban J connectivity index is 1.27. The molecule has 1 amide bonds. The van der Waals surface area contributed by atoms with Crippen LogP contribution in [0.5, 0.6) is 5.75 Å². The van der Waals surface area contributed by atoms with Crippen LogP contribution in [0.25, 0.3) is 22.1 Å². The fraction of sp³-hybridized carbons (Fsp3) is 0.133. The quantitative estimate of drug-likeness (QED) is 0.221. The van der Waals surface area contributed by atoms with Crippen LogP contribution in [0, 0.1) is 0 Å². The average molecular weight is 530 g/mol. The van der Waals surface area contributed by atoms with Gasteiger partial charge in [0, 0.05) is 22.4 Å². The van der Waals surface area contributed by atoms with Crippen LogP contribution in [-0.4, -0.2) is 25.0 Å². The fourth-order valence-electron chi connectivity index (χ4n) is 4.03. The van der Waals surface area contributed by atoms with Gasteiger partial charge in [-0.3, -0.25) is 4.79 Å². The molecular weight excluding hydrogens is 506 g/mol. The highest BCUT2D eigenvalue weighted by Gasteiger charge is 2.24. The molecule has 192 valence electrons. The normalized spacial score (nSPS) is 11.7. The topological polar surface area (TPSA) is 90.9 Å². The van der Waals surface area contributed by atoms with Gasteiger partial charge in [0.15, 0.2) is 5.76 Å². The molecule has 0 fully saturated rings. The molecule has 0 aliphatic carbocycles. The van der Waals surface area contributed by atoms with Gasteiger partial charge in [-0.25, -0.2) is 4.79 Å². The summed E-state index contributed by atoms with van der Waals surface area (Å²) in [6.45, 7) is 0.384. The molecule has 0 aliphatic heterocycles. The monoisotopic (exact) mass is 529 g/mol. The van der Waals surface area contributed by atoms with Crippen molar-refractivity contribution in [2.24, 2.45) is 0 Å². The predicted octanol–water partition coefficient (Wildman–Crippen LogP) is 6.44. The lowest BCUT2D eigenvalue weighted by Gasteiger charge is -2.16. The highest BCUT2D eigenvalue weighted by atomic mass is 35.5. The number of carbonyl (C=O) groups is 2. The largest absolute Gasteiger partial charge is 0.489 e. The van der Waals surface area contributed by atoms with Crippen LogP contribution in [-0.2, 0) is 22.6 Å². The molecule has 2 heterocycles. The summed E-state index contributed by atoms with van der Waals surface area (Å²) < 4.78 is 21.5. The minimum atomic E-state index is -0.900. The molecule has 2 aromatic heterocycles. The summed E-state index contributed by atoms with van der Waals surface area (Å²) in [4.78, 5) is 25.5. The highest BCUT2D eigenvalue weighted by molar-refractivity contribution is 6.30. The Labute approximate surface area is 223 Å². The Bertz CT molecular complexity index is 1540. The molecular formula is C30H24ClNO6. The van der Waals surface area contributed by atoms with Crippen molar-refractivity contribution in [2.75, 3.05) is 7.11 Å². The molecule has 5 rings (SSSR count). The van der Waals surface area contributed by atoms with Gasteiger partial charge in [0.05, 0.1) is 19.6 Å². The second kappa shape index (κ2) is 11.3. The first-order chi connectivity index (χ1) is 18.5. The van der Waals surface area contributed by atoms with Crippen molar-refractivity contribution in [1.29, 1.82) is 0 Å². The van der Waals surface area contributed by atoms with Crippen LogP contribution in [0.4, 0.5) is 0 Å². The van der Waals surface area contributed by atoms with E-state index in [-0.39, 0.29) is 12.2 Å². The van der Waals surface area contributed by atoms with E-state index in [1.165, 1.54) is 7.11 Å². The van der Waals surface area contributed by atoms with E-state index < -0.39 is 17.9 Å². The van der Waals surface area contributed by atoms with Crippen molar-refractivity contribution in [3.05, 3.63) is 113 Å². The first-order valence-electron chi connectivity index (χ1n) is 11.9. The SMILES string of the molecule is COC(=O)C(Cc1ccc(OCc2ccoc2)cc1)NC(=O)c1cc2ccc(-c3ccc(Cl)cc3)cc2o1. The van der Waals surface area contributed by atoms with Gasteiger partial charge in [0.25, 0.3) is 5.91 Å². The van der Waals surface area contributed by atoms with Crippen molar-refractivity contribution in [3.8, 4) is 16.9 Å². The van der Waals surface area contributed by atoms with Crippen LogP contribution in [0.2, 0.25) is 5.02 Å². The highest BCUT2D eigenvalue weighted by Crippen LogP contribution is 2.28. The molecule has 5 aromatic rings. The standard InChI is InChI=1S/C30H24ClNO6/c1-35-30(34)26(14-19-2-10-25(11-3-19)37-18-20-12-13-36-17-20)32-29(33)28-16-23-5-4-22(15-27(23)38-28)21-6-8-24(31)9-7-21/h2-13,15-17,26H,14,18H2,1H3,(H,32,33). The average Bonchev–Trinajstić information content (AvgIpc) is 3.62. The first kappa shape index (κ1) is 25.2. The summed E-state index contributed by atoms with van der Waals surface area (Å²) in [5.74, 6) is -0.288. The van der Waals surface area contributed by atoms with Crippen LogP contribution >= 0.6 is 11.6 Å². The maximum Gasteiger partial charge on any atom is 0.328 e. The Morgan fingerprint density at radius 3 is 2.39 bits per heavy atom. The van der Waals surface area contributed by atoms with Crippen molar-refractivity contribution < 1.29 is 27.9 Å². The number of hydrogen-bond donors (Lipinski definition) is 1. The Hall–Kier alpha value is -4.49. The number of ether oxygens (including phenoxy) is 2. The van der Waals surface area contributed by atoms with Gasteiger partial charge in [-0.15, -0.1) is 0 Å². The molecule has 0 saturated carbocycles. The molecule has 3 aromatic carbocycles. The van der Waals surface area contributed by atoms with Gasteiger partial charge in [0.2, 0.25) is 0 Å². The molecule has 0 spiro atoms. The lowest BCUT2D eigenvalue weighted by Crippen LogP contribution is -2.42. The molecule has 0 aliphatic rings. The van der Waals surface area contributed by atoms with E-state index >= 15 is 0 Å². The van der Waals surface area contributed by atoms with Crippen molar-refractivity contribution >= 4 is 34.4 Å². The van der Waals surface area contributed by atoms with Crippen molar-refractivity contribution in [2.45, 2.75) is 19.1 Å². The van der Waals surface area contributed by atoms with E-state index in [1.54, 1.807) is 18.6 Å². The maximum absolute atomic E-state index is 13.0. The molecule has 0 saturated heterocycles. The van der Waals surface area contributed by atoms with E-state index in [9.17, 15) is 9.59 Å². The fourth-order valence-corrected chi connectivity index (χ4v) is 4.15. The zero-order valence-corrected chi connectivity index (χ0v) is 21.2. The number of methoxy groups -OCH3 is 1. The van der Waals surface area contributed by atoms with Gasteiger partial charge < -0.3 is 23.6 Å². The van der Waals surface area contributed by atoms with E-state index in [0.717, 1.165) is 27.6 Å². The smallest absolute Gasteiger partial charge is 0.328 e. The number of rotatable bonds is 9. The number of nitrogens with one attached hydrogen (secondary N) is 1. The second-order valence-electron chi connectivity index (χ2n) is 8.69. The van der Waals surface area contributed by atoms with Gasteiger partial charge in [0.1, 0.15) is 24.0 Å². The summed E-state index contributed by atoms with van der Waals surface area (Å²) in [6, 6.07) is 23.0. The lowest BCUT2D eigenvalue weighted by molar-refractivity contribution is -0.142. The minimum Gasteiger partial charge on any atom is -0.489 e. The molecule has 1 unspecified atom stereocenters. The first-order valence-corrected chi connectivity index (χ1v) is 12.3. The molecule has 0 bridgehead atoms. The number of amides is 1. The Kier molecular flexibility index (Phi) is 7.47. The lowest BCUT2D eigenvalue weighted by atomic mass is 10.0. The summed E-state index contributed by atoms with van der Waals surface area (Å²) in [6.07, 6.45) is 3.45. The zero-order valence-electron chi connectivity index (χ0n) is 20.5. The van der Waals surface area contributed by atoms with Crippen molar-refractivity contribution in [1.82, 2.24) is 5.32 Å². The number of furan rings is 2. The maximum atomic E-state index is 13.0. The van der Waals surface area contributed by atoms with Gasteiger partial charge in [-0.2, -0.15) is 0 Å². The third-order valence-electron chi connectivity index (χ3n) is 6.06. The van der Waals surface area contributed by atoms with Crippen LogP contribution < -0.4 is 10.1 Å². The molecule has 0 radical (unpaired) electrons. The van der Waals surface area contributed by atoms with Crippen LogP contribution in [0.3, 0.4) is 0 Å². The van der Waals surface area contributed by atoms with Gasteiger partial charge >= 0.3 is 5.97 Å². The second-order valence-corrected chi connectivity index (χ2v) is 9.12. The summed E-state index contributed by atoms with van der Waals surface area (Å²) >= 11 is 5.99. The number of esters is 1. The van der Waals surface area contributed by atoms with E-state index in [2.05, 4.69) is 5.32 Å². The number of hydrogen-bond acceptors (Lipinski definition) is 6. The van der Waals surface area contributed by atoms with E-state index in [1.807, 2.05) is 72.8 Å². The predicted molar refractivity (Wildman–Crippen MR) is 143 cm³/mol. The number of carbonyl (C=O) groups excluding carboxylic acids is 2. The third kappa shape index (κ3) is 5.90. The summed E-state index contributed by atoms with van der Waals surface area (Å²) in [5.41, 5.74) is 4.22. The van der Waals surface area contributed by atoms with E-state index in [0.29, 0.717) is 23.0 Å². The Morgan fingerprint density at radius 2 is 1.68 bits per heavy atom. The Morgan fingerprint density at radius 1 is 0.921 bits per heavy atom. The number of halogens is 1. The van der Waals surface area contributed by atoms with Crippen molar-refractivity contribution in [3.63, 3.8) is 0 Å². The molecule has 8 heteroatoms. The number of fused-ring (bicyclic) bond motifs is 1. The minimum absolute atomic E-state index is 0.102. The van der Waals surface area contributed by atoms with Gasteiger partial charge in [-0.1, -0.05) is 48.0 Å². The molecule has 7 nitrogen and oxygen atoms in total. The van der Waals surface area contributed by atoms with E-state index in [4.69, 9.17) is 29.9 Å². The van der Waals surface area contributed by atoms with Crippen LogP contribution in [0.15, 0.2) is 100 Å². The number of benzene rings is 3. The third-order valence-corrected chi connectivity index (χ3v) is 6.31. The van der Waals surface area contributed by atoms with Crippen LogP contribution in [0.1, 0.15) is 21.7 Å². The van der Waals surface area contributed by atoms with Gasteiger partial charge in [-0.05, 0) is 59.2 Å².